The molecule has 4 rings (SSSR count). The van der Waals surface area contributed by atoms with E-state index in [0.29, 0.717) is 24.3 Å². The predicted molar refractivity (Wildman–Crippen MR) is 142 cm³/mol. The van der Waals surface area contributed by atoms with E-state index in [2.05, 4.69) is 10.2 Å². The fourth-order valence-corrected chi connectivity index (χ4v) is 4.22. The second-order valence-electron chi connectivity index (χ2n) is 8.43. The monoisotopic (exact) mass is 504 g/mol. The van der Waals surface area contributed by atoms with Crippen LogP contribution >= 0.6 is 11.6 Å². The summed E-state index contributed by atoms with van der Waals surface area (Å²) in [5, 5.41) is 13.8. The zero-order valence-corrected chi connectivity index (χ0v) is 20.4. The summed E-state index contributed by atoms with van der Waals surface area (Å²) in [6.45, 7) is 4.67. The molecule has 3 aromatic carbocycles. The second kappa shape index (κ2) is 11.0. The third-order valence-electron chi connectivity index (χ3n) is 6.04. The van der Waals surface area contributed by atoms with Gasteiger partial charge in [-0.2, -0.15) is 0 Å². The van der Waals surface area contributed by atoms with Crippen LogP contribution in [-0.4, -0.2) is 47.8 Å². The minimum Gasteiger partial charge on any atom is -0.368 e. The minimum absolute atomic E-state index is 0.0426. The number of nitro benzene ring substituents is 1. The predicted octanol–water partition coefficient (Wildman–Crippen LogP) is 5.17. The highest BCUT2D eigenvalue weighted by atomic mass is 35.5. The van der Waals surface area contributed by atoms with Crippen molar-refractivity contribution >= 4 is 46.6 Å². The molecule has 0 radical (unpaired) electrons. The van der Waals surface area contributed by atoms with E-state index in [9.17, 15) is 19.7 Å². The third-order valence-corrected chi connectivity index (χ3v) is 6.36. The molecule has 1 saturated heterocycles. The fraction of sp³-hybridized carbons (Fsp3) is 0.185. The SMILES string of the molecule is Cc1ccccc1C(=O)N1CCN(c2ccc(NC(=O)/C=C/c3ccc(Cl)c([N+](=O)[O-])c3)cc2)CC1. The van der Waals surface area contributed by atoms with E-state index in [4.69, 9.17) is 11.6 Å². The molecule has 184 valence electrons. The number of halogens is 1. The Morgan fingerprint density at radius 1 is 1.00 bits per heavy atom. The molecular formula is C27H25ClN4O4. The number of piperazine rings is 1. The first kappa shape index (κ1) is 24.9. The summed E-state index contributed by atoms with van der Waals surface area (Å²) >= 11 is 5.82. The summed E-state index contributed by atoms with van der Waals surface area (Å²) in [5.41, 5.74) is 3.65. The van der Waals surface area contributed by atoms with Gasteiger partial charge in [0.2, 0.25) is 5.91 Å². The van der Waals surface area contributed by atoms with Gasteiger partial charge < -0.3 is 15.1 Å². The van der Waals surface area contributed by atoms with E-state index >= 15 is 0 Å². The van der Waals surface area contributed by atoms with Crippen molar-refractivity contribution in [1.82, 2.24) is 4.90 Å². The number of nitrogens with zero attached hydrogens (tertiary/aromatic N) is 3. The Hall–Kier alpha value is -4.17. The molecule has 1 heterocycles. The van der Waals surface area contributed by atoms with Gasteiger partial charge in [0.15, 0.2) is 0 Å². The van der Waals surface area contributed by atoms with Crippen molar-refractivity contribution in [2.24, 2.45) is 0 Å². The lowest BCUT2D eigenvalue weighted by Crippen LogP contribution is -2.48. The highest BCUT2D eigenvalue weighted by molar-refractivity contribution is 6.32. The lowest BCUT2D eigenvalue weighted by molar-refractivity contribution is -0.384. The number of amides is 2. The maximum absolute atomic E-state index is 12.8. The van der Waals surface area contributed by atoms with Crippen molar-refractivity contribution in [1.29, 1.82) is 0 Å². The largest absolute Gasteiger partial charge is 0.368 e. The Morgan fingerprint density at radius 2 is 1.69 bits per heavy atom. The lowest BCUT2D eigenvalue weighted by Gasteiger charge is -2.36. The number of benzene rings is 3. The molecule has 1 fully saturated rings. The van der Waals surface area contributed by atoms with Crippen molar-refractivity contribution in [3.63, 3.8) is 0 Å². The molecule has 0 spiro atoms. The molecule has 0 unspecified atom stereocenters. The van der Waals surface area contributed by atoms with Gasteiger partial charge in [-0.05, 0) is 60.5 Å². The van der Waals surface area contributed by atoms with Crippen molar-refractivity contribution < 1.29 is 14.5 Å². The molecular weight excluding hydrogens is 480 g/mol. The number of hydrogen-bond acceptors (Lipinski definition) is 5. The Kier molecular flexibility index (Phi) is 7.65. The van der Waals surface area contributed by atoms with Crippen LogP contribution in [0.15, 0.2) is 72.8 Å². The number of hydrogen-bond donors (Lipinski definition) is 1. The van der Waals surface area contributed by atoms with Gasteiger partial charge >= 0.3 is 0 Å². The van der Waals surface area contributed by atoms with Crippen LogP contribution in [0.5, 0.6) is 0 Å². The number of carbonyl (C=O) groups is 2. The number of anilines is 2. The fourth-order valence-electron chi connectivity index (χ4n) is 4.04. The van der Waals surface area contributed by atoms with E-state index < -0.39 is 4.92 Å². The van der Waals surface area contributed by atoms with Crippen LogP contribution in [-0.2, 0) is 4.79 Å². The molecule has 0 aromatic heterocycles. The third kappa shape index (κ3) is 5.90. The molecule has 1 aliphatic heterocycles. The topological polar surface area (TPSA) is 95.8 Å². The summed E-state index contributed by atoms with van der Waals surface area (Å²) in [6.07, 6.45) is 2.80. The van der Waals surface area contributed by atoms with Crippen LogP contribution in [0.2, 0.25) is 5.02 Å². The van der Waals surface area contributed by atoms with E-state index in [1.54, 1.807) is 6.07 Å². The minimum atomic E-state index is -0.566. The van der Waals surface area contributed by atoms with E-state index in [1.807, 2.05) is 60.4 Å². The standard InChI is InChI=1S/C27H25ClN4O4/c1-19-4-2-3-5-23(19)27(34)31-16-14-30(15-17-31)22-10-8-21(9-11-22)29-26(33)13-7-20-6-12-24(28)25(18-20)32(35)36/h2-13,18H,14-17H2,1H3,(H,29,33)/b13-7+. The van der Waals surface area contributed by atoms with Gasteiger partial charge in [0, 0.05) is 55.3 Å². The van der Waals surface area contributed by atoms with Crippen LogP contribution in [0.4, 0.5) is 17.1 Å². The lowest BCUT2D eigenvalue weighted by atomic mass is 10.1. The Balaban J connectivity index is 1.31. The average Bonchev–Trinajstić information content (AvgIpc) is 2.88. The Labute approximate surface area is 213 Å². The van der Waals surface area contributed by atoms with Crippen molar-refractivity contribution in [3.8, 4) is 0 Å². The Bertz CT molecular complexity index is 1320. The quantitative estimate of drug-likeness (QED) is 0.284. The van der Waals surface area contributed by atoms with Crippen LogP contribution < -0.4 is 10.2 Å². The van der Waals surface area contributed by atoms with E-state index in [0.717, 1.165) is 29.9 Å². The molecule has 8 nitrogen and oxygen atoms in total. The highest BCUT2D eigenvalue weighted by Gasteiger charge is 2.23. The van der Waals surface area contributed by atoms with Crippen molar-refractivity contribution in [2.75, 3.05) is 36.4 Å². The van der Waals surface area contributed by atoms with Gasteiger partial charge in [0.1, 0.15) is 5.02 Å². The summed E-state index contributed by atoms with van der Waals surface area (Å²) in [7, 11) is 0. The smallest absolute Gasteiger partial charge is 0.288 e. The number of carbonyl (C=O) groups excluding carboxylic acids is 2. The average molecular weight is 505 g/mol. The number of nitro groups is 1. The number of rotatable bonds is 6. The van der Waals surface area contributed by atoms with Crippen LogP contribution in [0.25, 0.3) is 6.08 Å². The number of aryl methyl sites for hydroxylation is 1. The second-order valence-corrected chi connectivity index (χ2v) is 8.84. The van der Waals surface area contributed by atoms with Gasteiger partial charge in [-0.15, -0.1) is 0 Å². The maximum atomic E-state index is 12.8. The van der Waals surface area contributed by atoms with Crippen molar-refractivity contribution in [3.05, 3.63) is 105 Å². The molecule has 0 aliphatic carbocycles. The highest BCUT2D eigenvalue weighted by Crippen LogP contribution is 2.26. The molecule has 1 N–H and O–H groups in total. The van der Waals surface area contributed by atoms with E-state index in [-0.39, 0.29) is 22.5 Å². The van der Waals surface area contributed by atoms with Crippen LogP contribution in [0.1, 0.15) is 21.5 Å². The maximum Gasteiger partial charge on any atom is 0.288 e. The summed E-state index contributed by atoms with van der Waals surface area (Å²) in [6, 6.07) is 19.5. The molecule has 0 saturated carbocycles. The first-order valence-corrected chi connectivity index (χ1v) is 11.8. The van der Waals surface area contributed by atoms with Crippen LogP contribution in [0, 0.1) is 17.0 Å². The molecule has 36 heavy (non-hydrogen) atoms. The molecule has 2 amide bonds. The summed E-state index contributed by atoms with van der Waals surface area (Å²) in [4.78, 5) is 39.7. The zero-order chi connectivity index (χ0) is 25.7. The summed E-state index contributed by atoms with van der Waals surface area (Å²) < 4.78 is 0. The molecule has 1 aliphatic rings. The van der Waals surface area contributed by atoms with Crippen LogP contribution in [0.3, 0.4) is 0 Å². The van der Waals surface area contributed by atoms with Gasteiger partial charge in [-0.3, -0.25) is 19.7 Å². The first-order valence-electron chi connectivity index (χ1n) is 11.4. The summed E-state index contributed by atoms with van der Waals surface area (Å²) in [5.74, 6) is -0.296. The molecule has 0 atom stereocenters. The normalized spacial score (nSPS) is 13.6. The van der Waals surface area contributed by atoms with Gasteiger partial charge in [-0.25, -0.2) is 0 Å². The molecule has 9 heteroatoms. The van der Waals surface area contributed by atoms with Gasteiger partial charge in [0.25, 0.3) is 11.6 Å². The first-order chi connectivity index (χ1) is 17.3. The molecule has 3 aromatic rings. The zero-order valence-electron chi connectivity index (χ0n) is 19.7. The van der Waals surface area contributed by atoms with Gasteiger partial charge in [0.05, 0.1) is 4.92 Å². The molecule has 0 bridgehead atoms. The Morgan fingerprint density at radius 3 is 2.36 bits per heavy atom. The van der Waals surface area contributed by atoms with Gasteiger partial charge in [-0.1, -0.05) is 35.9 Å². The van der Waals surface area contributed by atoms with E-state index in [1.165, 1.54) is 24.3 Å². The number of nitrogens with one attached hydrogen (secondary N) is 1. The van der Waals surface area contributed by atoms with Crippen molar-refractivity contribution in [2.45, 2.75) is 6.92 Å².